The number of unbranched alkanes of at least 4 members (excludes halogenated alkanes) is 41. The minimum Gasteiger partial charge on any atom is -0.466 e. The number of hydrogen-bond acceptors (Lipinski definition) is 5. The van der Waals surface area contributed by atoms with Crippen LogP contribution in [0.15, 0.2) is 24.3 Å². The number of amides is 1. The van der Waals surface area contributed by atoms with E-state index in [1.165, 1.54) is 218 Å². The second-order valence-corrected chi connectivity index (χ2v) is 20.0. The molecule has 0 saturated heterocycles. The molecule has 0 spiro atoms. The summed E-state index contributed by atoms with van der Waals surface area (Å²) in [5, 5.41) is 23.1. The maximum Gasteiger partial charge on any atom is 0.305 e. The Morgan fingerprint density at radius 3 is 1.09 bits per heavy atom. The van der Waals surface area contributed by atoms with Crippen LogP contribution < -0.4 is 5.32 Å². The van der Waals surface area contributed by atoms with Crippen molar-refractivity contribution in [2.75, 3.05) is 13.2 Å². The van der Waals surface area contributed by atoms with E-state index in [1.54, 1.807) is 6.08 Å². The quantitative estimate of drug-likeness (QED) is 0.0321. The number of allylic oxidation sites excluding steroid dienone is 3. The summed E-state index contributed by atoms with van der Waals surface area (Å²) in [4.78, 5) is 24.5. The standard InChI is InChI=1S/C59H113NO5/c1-3-5-7-9-11-13-15-17-19-21-25-29-33-37-41-45-49-53-59(64)65-54-50-46-42-38-34-30-26-22-24-28-32-36-40-44-48-52-58(63)60-56(55-61)57(62)51-47-43-39-35-31-27-23-20-18-16-14-12-10-8-6-4-2/h26,30,47,51,56-57,61-62H,3-25,27-29,31-46,48-50,52-55H2,1-2H3,(H,60,63)/b30-26-,51-47+. The molecule has 0 radical (unpaired) electrons. The van der Waals surface area contributed by atoms with Crippen molar-refractivity contribution >= 4 is 11.9 Å². The van der Waals surface area contributed by atoms with E-state index >= 15 is 0 Å². The molecule has 0 fully saturated rings. The number of carbonyl (C=O) groups is 2. The molecule has 0 aromatic carbocycles. The Morgan fingerprint density at radius 2 is 0.723 bits per heavy atom. The molecule has 0 rings (SSSR count). The van der Waals surface area contributed by atoms with Gasteiger partial charge in [0.1, 0.15) is 0 Å². The Balaban J connectivity index is 3.48. The van der Waals surface area contributed by atoms with Gasteiger partial charge in [0.2, 0.25) is 5.91 Å². The summed E-state index contributed by atoms with van der Waals surface area (Å²) in [5.41, 5.74) is 0. The molecule has 3 N–H and O–H groups in total. The highest BCUT2D eigenvalue weighted by atomic mass is 16.5. The van der Waals surface area contributed by atoms with E-state index in [2.05, 4.69) is 31.3 Å². The third kappa shape index (κ3) is 51.6. The van der Waals surface area contributed by atoms with Crippen molar-refractivity contribution in [1.29, 1.82) is 0 Å². The highest BCUT2D eigenvalue weighted by Crippen LogP contribution is 2.17. The molecule has 0 saturated carbocycles. The highest BCUT2D eigenvalue weighted by Gasteiger charge is 2.18. The van der Waals surface area contributed by atoms with Gasteiger partial charge in [-0.2, -0.15) is 0 Å². The Hall–Kier alpha value is -1.66. The first-order chi connectivity index (χ1) is 32.0. The average Bonchev–Trinajstić information content (AvgIpc) is 3.31. The first kappa shape index (κ1) is 63.3. The van der Waals surface area contributed by atoms with Crippen LogP contribution in [0.25, 0.3) is 0 Å². The van der Waals surface area contributed by atoms with Crippen molar-refractivity contribution in [3.63, 3.8) is 0 Å². The van der Waals surface area contributed by atoms with Gasteiger partial charge >= 0.3 is 5.97 Å². The lowest BCUT2D eigenvalue weighted by Gasteiger charge is -2.20. The van der Waals surface area contributed by atoms with E-state index < -0.39 is 12.1 Å². The molecule has 0 aromatic rings. The Labute approximate surface area is 405 Å². The van der Waals surface area contributed by atoms with Crippen LogP contribution in [-0.2, 0) is 14.3 Å². The molecule has 0 aliphatic rings. The van der Waals surface area contributed by atoms with Crippen molar-refractivity contribution in [2.24, 2.45) is 0 Å². The van der Waals surface area contributed by atoms with Gasteiger partial charge in [0.15, 0.2) is 0 Å². The molecule has 6 heteroatoms. The minimum atomic E-state index is -0.854. The van der Waals surface area contributed by atoms with Crippen molar-refractivity contribution in [3.05, 3.63) is 24.3 Å². The second kappa shape index (κ2) is 54.9. The fourth-order valence-corrected chi connectivity index (χ4v) is 8.98. The highest BCUT2D eigenvalue weighted by molar-refractivity contribution is 5.76. The molecule has 0 aliphatic carbocycles. The van der Waals surface area contributed by atoms with Crippen LogP contribution in [0.1, 0.15) is 316 Å². The first-order valence-corrected chi connectivity index (χ1v) is 29.1. The Bertz CT molecular complexity index is 1010. The van der Waals surface area contributed by atoms with Crippen molar-refractivity contribution in [2.45, 2.75) is 328 Å². The molecule has 384 valence electrons. The zero-order valence-corrected chi connectivity index (χ0v) is 43.7. The molecule has 0 aliphatic heterocycles. The molecule has 65 heavy (non-hydrogen) atoms. The first-order valence-electron chi connectivity index (χ1n) is 29.1. The summed E-state index contributed by atoms with van der Waals surface area (Å²) in [6, 6.07) is -0.639. The summed E-state index contributed by atoms with van der Waals surface area (Å²) in [6.45, 7) is 4.89. The number of carbonyl (C=O) groups excluding carboxylic acids is 2. The summed E-state index contributed by atoms with van der Waals surface area (Å²) in [7, 11) is 0. The third-order valence-corrected chi connectivity index (χ3v) is 13.5. The summed E-state index contributed by atoms with van der Waals surface area (Å²) in [5.74, 6) is -0.0886. The number of aliphatic hydroxyl groups is 2. The van der Waals surface area contributed by atoms with Gasteiger partial charge in [-0.15, -0.1) is 0 Å². The van der Waals surface area contributed by atoms with Crippen molar-refractivity contribution < 1.29 is 24.5 Å². The molecule has 0 aromatic heterocycles. The number of ether oxygens (including phenoxy) is 1. The van der Waals surface area contributed by atoms with Crippen LogP contribution in [0.3, 0.4) is 0 Å². The van der Waals surface area contributed by atoms with Crippen LogP contribution >= 0.6 is 0 Å². The predicted molar refractivity (Wildman–Crippen MR) is 283 cm³/mol. The van der Waals surface area contributed by atoms with Gasteiger partial charge in [-0.25, -0.2) is 0 Å². The molecule has 6 nitrogen and oxygen atoms in total. The molecule has 0 heterocycles. The zero-order valence-electron chi connectivity index (χ0n) is 43.7. The number of nitrogens with one attached hydrogen (secondary N) is 1. The van der Waals surface area contributed by atoms with Crippen LogP contribution in [0.2, 0.25) is 0 Å². The van der Waals surface area contributed by atoms with Gasteiger partial charge in [-0.3, -0.25) is 9.59 Å². The number of aliphatic hydroxyl groups excluding tert-OH is 2. The lowest BCUT2D eigenvalue weighted by Crippen LogP contribution is -2.45. The van der Waals surface area contributed by atoms with Crippen LogP contribution in [-0.4, -0.2) is 47.4 Å². The summed E-state index contributed by atoms with van der Waals surface area (Å²) < 4.78 is 5.47. The SMILES string of the molecule is CCCCCCCCCCCCCCCC/C=C/C(O)C(CO)NC(=O)CCCCCCCCC/C=C\CCCCCCOC(=O)CCCCCCCCCCCCCCCCCCC. The Kier molecular flexibility index (Phi) is 53.5. The summed E-state index contributed by atoms with van der Waals surface area (Å²) >= 11 is 0. The zero-order chi connectivity index (χ0) is 47.2. The van der Waals surface area contributed by atoms with E-state index in [0.717, 1.165) is 70.6 Å². The van der Waals surface area contributed by atoms with Crippen molar-refractivity contribution in [1.82, 2.24) is 5.32 Å². The topological polar surface area (TPSA) is 95.9 Å². The maximum atomic E-state index is 12.5. The fraction of sp³-hybridized carbons (Fsp3) is 0.898. The minimum absolute atomic E-state index is 0.00707. The lowest BCUT2D eigenvalue weighted by atomic mass is 10.0. The normalized spacial score (nSPS) is 12.7. The molecular weight excluding hydrogens is 803 g/mol. The molecule has 1 amide bonds. The summed E-state index contributed by atoms with van der Waals surface area (Å²) in [6.07, 6.45) is 66.2. The molecular formula is C59H113NO5. The van der Waals surface area contributed by atoms with Gasteiger partial charge in [0.25, 0.3) is 0 Å². The van der Waals surface area contributed by atoms with Crippen LogP contribution in [0, 0.1) is 0 Å². The average molecular weight is 917 g/mol. The predicted octanol–water partition coefficient (Wildman–Crippen LogP) is 17.9. The molecule has 2 unspecified atom stereocenters. The van der Waals surface area contributed by atoms with Crippen molar-refractivity contribution in [3.8, 4) is 0 Å². The van der Waals surface area contributed by atoms with E-state index in [4.69, 9.17) is 4.74 Å². The Morgan fingerprint density at radius 1 is 0.415 bits per heavy atom. The second-order valence-electron chi connectivity index (χ2n) is 20.0. The van der Waals surface area contributed by atoms with E-state index in [1.807, 2.05) is 6.08 Å². The largest absolute Gasteiger partial charge is 0.466 e. The number of hydrogen-bond donors (Lipinski definition) is 3. The van der Waals surface area contributed by atoms with E-state index in [0.29, 0.717) is 19.4 Å². The fourth-order valence-electron chi connectivity index (χ4n) is 8.98. The monoisotopic (exact) mass is 916 g/mol. The van der Waals surface area contributed by atoms with E-state index in [9.17, 15) is 19.8 Å². The van der Waals surface area contributed by atoms with Gasteiger partial charge in [-0.1, -0.05) is 269 Å². The van der Waals surface area contributed by atoms with Gasteiger partial charge < -0.3 is 20.3 Å². The van der Waals surface area contributed by atoms with Gasteiger partial charge in [-0.05, 0) is 57.8 Å². The van der Waals surface area contributed by atoms with E-state index in [-0.39, 0.29) is 18.5 Å². The number of esters is 1. The molecule has 0 bridgehead atoms. The van der Waals surface area contributed by atoms with Gasteiger partial charge in [0.05, 0.1) is 25.4 Å². The number of rotatable bonds is 54. The third-order valence-electron chi connectivity index (χ3n) is 13.5. The van der Waals surface area contributed by atoms with Crippen LogP contribution in [0.4, 0.5) is 0 Å². The maximum absolute atomic E-state index is 12.5. The van der Waals surface area contributed by atoms with Gasteiger partial charge in [0, 0.05) is 12.8 Å². The molecule has 2 atom stereocenters. The lowest BCUT2D eigenvalue weighted by molar-refractivity contribution is -0.143. The van der Waals surface area contributed by atoms with Crippen LogP contribution in [0.5, 0.6) is 0 Å². The smallest absolute Gasteiger partial charge is 0.305 e.